The molecule has 1 saturated carbocycles. The number of rotatable bonds is 3. The highest BCUT2D eigenvalue weighted by Gasteiger charge is 2.26. The van der Waals surface area contributed by atoms with E-state index in [0.717, 1.165) is 29.9 Å². The molecule has 3 rings (SSSR count). The number of benzene rings is 1. The average molecular weight is 311 g/mol. The molecule has 0 radical (unpaired) electrons. The number of carbonyl (C=O) groups excluding carboxylic acids is 2. The first-order valence-corrected chi connectivity index (χ1v) is 8.05. The number of hydrogen-bond donors (Lipinski definition) is 0. The van der Waals surface area contributed by atoms with Crippen molar-refractivity contribution in [3.05, 3.63) is 53.3 Å². The number of esters is 1. The van der Waals surface area contributed by atoms with Gasteiger partial charge in [-0.25, -0.2) is 4.79 Å². The van der Waals surface area contributed by atoms with Crippen molar-refractivity contribution >= 4 is 11.8 Å². The number of aryl methyl sites for hydroxylation is 2. The van der Waals surface area contributed by atoms with E-state index in [4.69, 9.17) is 4.74 Å². The smallest absolute Gasteiger partial charge is 0.338 e. The SMILES string of the molecule is Cc1ccc(C)n1-c1ccc(C(=O)O[C@@H]2CCCCC2=O)cc1. The highest BCUT2D eigenvalue weighted by atomic mass is 16.5. The number of aromatic nitrogens is 1. The summed E-state index contributed by atoms with van der Waals surface area (Å²) in [7, 11) is 0. The molecule has 120 valence electrons. The quantitative estimate of drug-likeness (QED) is 0.811. The maximum absolute atomic E-state index is 12.2. The zero-order chi connectivity index (χ0) is 16.4. The number of Topliss-reactive ketones (excluding diaryl/α,β-unsaturated/α-hetero) is 1. The van der Waals surface area contributed by atoms with Gasteiger partial charge >= 0.3 is 5.97 Å². The Morgan fingerprint density at radius 3 is 2.30 bits per heavy atom. The Hall–Kier alpha value is -2.36. The number of carbonyl (C=O) groups is 2. The lowest BCUT2D eigenvalue weighted by Crippen LogP contribution is -2.30. The molecule has 23 heavy (non-hydrogen) atoms. The number of ether oxygens (including phenoxy) is 1. The van der Waals surface area contributed by atoms with Crippen molar-refractivity contribution < 1.29 is 14.3 Å². The van der Waals surface area contributed by atoms with Gasteiger partial charge in [0.05, 0.1) is 5.56 Å². The molecule has 1 fully saturated rings. The van der Waals surface area contributed by atoms with Crippen LogP contribution in [0.1, 0.15) is 47.4 Å². The van der Waals surface area contributed by atoms with Gasteiger partial charge in [0, 0.05) is 23.5 Å². The number of nitrogens with zero attached hydrogens (tertiary/aromatic N) is 1. The van der Waals surface area contributed by atoms with Gasteiger partial charge in [0.1, 0.15) is 0 Å². The summed E-state index contributed by atoms with van der Waals surface area (Å²) in [6.07, 6.45) is 2.43. The molecule has 0 aliphatic heterocycles. The van der Waals surface area contributed by atoms with Crippen molar-refractivity contribution in [3.8, 4) is 5.69 Å². The molecule has 4 nitrogen and oxygen atoms in total. The van der Waals surface area contributed by atoms with E-state index < -0.39 is 12.1 Å². The van der Waals surface area contributed by atoms with Gasteiger partial charge in [0.2, 0.25) is 0 Å². The lowest BCUT2D eigenvalue weighted by Gasteiger charge is -2.20. The van der Waals surface area contributed by atoms with E-state index in [1.165, 1.54) is 0 Å². The van der Waals surface area contributed by atoms with E-state index in [2.05, 4.69) is 16.7 Å². The minimum atomic E-state index is -0.565. The minimum absolute atomic E-state index is 0.0415. The molecule has 4 heteroatoms. The Bertz CT molecular complexity index is 708. The third-order valence-corrected chi connectivity index (χ3v) is 4.38. The van der Waals surface area contributed by atoms with Crippen molar-refractivity contribution in [3.63, 3.8) is 0 Å². The van der Waals surface area contributed by atoms with Crippen molar-refractivity contribution in [2.45, 2.75) is 45.6 Å². The molecule has 1 heterocycles. The highest BCUT2D eigenvalue weighted by molar-refractivity contribution is 5.93. The van der Waals surface area contributed by atoms with Gasteiger partial charge in [-0.1, -0.05) is 0 Å². The Morgan fingerprint density at radius 2 is 1.70 bits per heavy atom. The summed E-state index contributed by atoms with van der Waals surface area (Å²) in [5.41, 5.74) is 3.78. The monoisotopic (exact) mass is 311 g/mol. The molecule has 2 aromatic rings. The Balaban J connectivity index is 1.74. The Labute approximate surface area is 136 Å². The first-order valence-electron chi connectivity index (χ1n) is 8.05. The van der Waals surface area contributed by atoms with Gasteiger partial charge in [-0.15, -0.1) is 0 Å². The molecule has 1 atom stereocenters. The lowest BCUT2D eigenvalue weighted by atomic mass is 9.96. The normalized spacial score (nSPS) is 18.0. The van der Waals surface area contributed by atoms with Crippen LogP contribution in [0.25, 0.3) is 5.69 Å². The van der Waals surface area contributed by atoms with E-state index in [0.29, 0.717) is 18.4 Å². The molecule has 0 spiro atoms. The summed E-state index contributed by atoms with van der Waals surface area (Å²) < 4.78 is 7.50. The fourth-order valence-corrected chi connectivity index (χ4v) is 3.10. The van der Waals surface area contributed by atoms with E-state index >= 15 is 0 Å². The molecule has 0 N–H and O–H groups in total. The molecule has 0 amide bonds. The maximum atomic E-state index is 12.2. The molecule has 0 bridgehead atoms. The molecule has 0 unspecified atom stereocenters. The van der Waals surface area contributed by atoms with Gasteiger partial charge in [-0.05, 0) is 69.5 Å². The van der Waals surface area contributed by atoms with Crippen LogP contribution in [0.3, 0.4) is 0 Å². The van der Waals surface area contributed by atoms with Crippen LogP contribution in [0.4, 0.5) is 0 Å². The summed E-state index contributed by atoms with van der Waals surface area (Å²) in [5, 5.41) is 0. The first kappa shape index (κ1) is 15.5. The van der Waals surface area contributed by atoms with E-state index in [-0.39, 0.29) is 5.78 Å². The molecule has 1 aromatic heterocycles. The topological polar surface area (TPSA) is 48.3 Å². The third kappa shape index (κ3) is 3.21. The van der Waals surface area contributed by atoms with Gasteiger partial charge in [-0.2, -0.15) is 0 Å². The largest absolute Gasteiger partial charge is 0.451 e. The van der Waals surface area contributed by atoms with Crippen LogP contribution in [0.5, 0.6) is 0 Å². The standard InChI is InChI=1S/C19H21NO3/c1-13-7-8-14(2)20(13)16-11-9-15(10-12-16)19(22)23-18-6-4-3-5-17(18)21/h7-12,18H,3-6H2,1-2H3/t18-/m1/s1. The Kier molecular flexibility index (Phi) is 4.33. The van der Waals surface area contributed by atoms with E-state index in [1.54, 1.807) is 12.1 Å². The number of ketones is 1. The first-order chi connectivity index (χ1) is 11.1. The van der Waals surface area contributed by atoms with Crippen LogP contribution in [0, 0.1) is 13.8 Å². The van der Waals surface area contributed by atoms with E-state index in [1.807, 2.05) is 26.0 Å². The molecule has 1 aliphatic carbocycles. The highest BCUT2D eigenvalue weighted by Crippen LogP contribution is 2.20. The van der Waals surface area contributed by atoms with Crippen LogP contribution < -0.4 is 0 Å². The van der Waals surface area contributed by atoms with Gasteiger partial charge in [0.25, 0.3) is 0 Å². The van der Waals surface area contributed by atoms with Gasteiger partial charge < -0.3 is 9.30 Å². The Morgan fingerprint density at radius 1 is 1.04 bits per heavy atom. The summed E-state index contributed by atoms with van der Waals surface area (Å²) in [5.74, 6) is -0.377. The molecular formula is C19H21NO3. The summed E-state index contributed by atoms with van der Waals surface area (Å²) >= 11 is 0. The molecule has 1 aromatic carbocycles. The fraction of sp³-hybridized carbons (Fsp3) is 0.368. The second-order valence-corrected chi connectivity index (χ2v) is 6.10. The zero-order valence-corrected chi connectivity index (χ0v) is 13.5. The van der Waals surface area contributed by atoms with Crippen molar-refractivity contribution in [2.75, 3.05) is 0 Å². The average Bonchev–Trinajstić information content (AvgIpc) is 2.88. The van der Waals surface area contributed by atoms with Crippen LogP contribution in [-0.2, 0) is 9.53 Å². The second kappa shape index (κ2) is 6.41. The predicted molar refractivity (Wildman–Crippen MR) is 87.9 cm³/mol. The van der Waals surface area contributed by atoms with Gasteiger partial charge in [-0.3, -0.25) is 4.79 Å². The van der Waals surface area contributed by atoms with Crippen LogP contribution in [-0.4, -0.2) is 22.4 Å². The summed E-state index contributed by atoms with van der Waals surface area (Å²) in [6, 6.07) is 11.4. The fourth-order valence-electron chi connectivity index (χ4n) is 3.10. The van der Waals surface area contributed by atoms with Gasteiger partial charge in [0.15, 0.2) is 11.9 Å². The van der Waals surface area contributed by atoms with Crippen molar-refractivity contribution in [2.24, 2.45) is 0 Å². The lowest BCUT2D eigenvalue weighted by molar-refractivity contribution is -0.129. The molecular weight excluding hydrogens is 290 g/mol. The molecule has 1 aliphatic rings. The minimum Gasteiger partial charge on any atom is -0.451 e. The summed E-state index contributed by atoms with van der Waals surface area (Å²) in [4.78, 5) is 24.0. The summed E-state index contributed by atoms with van der Waals surface area (Å²) in [6.45, 7) is 4.09. The van der Waals surface area contributed by atoms with Crippen molar-refractivity contribution in [1.29, 1.82) is 0 Å². The van der Waals surface area contributed by atoms with Crippen LogP contribution in [0.15, 0.2) is 36.4 Å². The zero-order valence-electron chi connectivity index (χ0n) is 13.5. The third-order valence-electron chi connectivity index (χ3n) is 4.38. The van der Waals surface area contributed by atoms with Crippen LogP contribution in [0.2, 0.25) is 0 Å². The van der Waals surface area contributed by atoms with Crippen molar-refractivity contribution in [1.82, 2.24) is 4.57 Å². The predicted octanol–water partition coefficient (Wildman–Crippen LogP) is 3.76. The van der Waals surface area contributed by atoms with E-state index in [9.17, 15) is 9.59 Å². The van der Waals surface area contributed by atoms with Crippen LogP contribution >= 0.6 is 0 Å². The molecule has 0 saturated heterocycles. The number of hydrogen-bond acceptors (Lipinski definition) is 3. The maximum Gasteiger partial charge on any atom is 0.338 e. The second-order valence-electron chi connectivity index (χ2n) is 6.10.